The van der Waals surface area contributed by atoms with Gasteiger partial charge in [0.15, 0.2) is 23.0 Å². The Kier molecular flexibility index (Phi) is 7.75. The highest BCUT2D eigenvalue weighted by atomic mass is 16.7. The Morgan fingerprint density at radius 1 is 0.816 bits per heavy atom. The van der Waals surface area contributed by atoms with Crippen molar-refractivity contribution in [3.05, 3.63) is 41.5 Å². The molecule has 1 unspecified atom stereocenters. The zero-order valence-electron chi connectivity index (χ0n) is 21.9. The lowest BCUT2D eigenvalue weighted by Crippen LogP contribution is -2.54. The highest BCUT2D eigenvalue weighted by Gasteiger charge is 2.30. The summed E-state index contributed by atoms with van der Waals surface area (Å²) in [5.41, 5.74) is 1.06. The van der Waals surface area contributed by atoms with E-state index in [2.05, 4.69) is 4.90 Å². The normalized spacial score (nSPS) is 19.3. The number of rotatable bonds is 7. The van der Waals surface area contributed by atoms with Crippen molar-refractivity contribution in [3.8, 4) is 28.7 Å². The third kappa shape index (κ3) is 5.30. The third-order valence-corrected chi connectivity index (χ3v) is 7.08. The van der Waals surface area contributed by atoms with E-state index in [1.54, 1.807) is 30.3 Å². The van der Waals surface area contributed by atoms with E-state index >= 15 is 0 Å². The van der Waals surface area contributed by atoms with E-state index in [4.69, 9.17) is 28.4 Å². The van der Waals surface area contributed by atoms with Gasteiger partial charge in [-0.3, -0.25) is 14.5 Å². The second kappa shape index (κ2) is 11.4. The fourth-order valence-corrected chi connectivity index (χ4v) is 5.04. The predicted octanol–water partition coefficient (Wildman–Crippen LogP) is 1.74. The van der Waals surface area contributed by atoms with Crippen molar-refractivity contribution >= 4 is 11.8 Å². The monoisotopic (exact) mass is 527 g/mol. The SMILES string of the molecule is COc1cc(C(=O)N2CCN(CC3CN(C(=O)c4ccc5c(c4)OCO5)CCO3)CC2)cc(OC)c1OC. The average Bonchev–Trinajstić information content (AvgIpc) is 3.44. The largest absolute Gasteiger partial charge is 0.493 e. The molecule has 3 aliphatic rings. The summed E-state index contributed by atoms with van der Waals surface area (Å²) in [5, 5.41) is 0. The van der Waals surface area contributed by atoms with Gasteiger partial charge in [-0.2, -0.15) is 0 Å². The Morgan fingerprint density at radius 3 is 2.18 bits per heavy atom. The summed E-state index contributed by atoms with van der Waals surface area (Å²) in [5.74, 6) is 2.47. The molecule has 2 amide bonds. The number of nitrogens with zero attached hydrogens (tertiary/aromatic N) is 3. The van der Waals surface area contributed by atoms with Gasteiger partial charge in [-0.15, -0.1) is 0 Å². The van der Waals surface area contributed by atoms with Gasteiger partial charge >= 0.3 is 0 Å². The second-order valence-corrected chi connectivity index (χ2v) is 9.32. The van der Waals surface area contributed by atoms with Crippen LogP contribution in [0.1, 0.15) is 20.7 Å². The van der Waals surface area contributed by atoms with Crippen LogP contribution in [0.15, 0.2) is 30.3 Å². The number of piperazine rings is 1. The molecule has 0 spiro atoms. The molecule has 11 heteroatoms. The smallest absolute Gasteiger partial charge is 0.254 e. The van der Waals surface area contributed by atoms with Crippen LogP contribution in [0.2, 0.25) is 0 Å². The molecule has 3 heterocycles. The van der Waals surface area contributed by atoms with Gasteiger partial charge in [-0.25, -0.2) is 0 Å². The number of methoxy groups -OCH3 is 3. The van der Waals surface area contributed by atoms with Crippen LogP contribution in [0.5, 0.6) is 28.7 Å². The maximum Gasteiger partial charge on any atom is 0.254 e. The molecule has 0 aromatic heterocycles. The molecule has 1 atom stereocenters. The minimum Gasteiger partial charge on any atom is -0.493 e. The zero-order chi connectivity index (χ0) is 26.6. The summed E-state index contributed by atoms with van der Waals surface area (Å²) in [4.78, 5) is 32.3. The summed E-state index contributed by atoms with van der Waals surface area (Å²) in [6, 6.07) is 8.63. The van der Waals surface area contributed by atoms with E-state index in [0.29, 0.717) is 92.3 Å². The van der Waals surface area contributed by atoms with Crippen molar-refractivity contribution in [1.82, 2.24) is 14.7 Å². The van der Waals surface area contributed by atoms with E-state index in [1.807, 2.05) is 9.80 Å². The number of ether oxygens (including phenoxy) is 6. The number of hydrogen-bond donors (Lipinski definition) is 0. The molecule has 2 aromatic rings. The van der Waals surface area contributed by atoms with Crippen molar-refractivity contribution in [3.63, 3.8) is 0 Å². The number of carbonyl (C=O) groups excluding carboxylic acids is 2. The van der Waals surface area contributed by atoms with Crippen molar-refractivity contribution in [2.24, 2.45) is 0 Å². The minimum absolute atomic E-state index is 0.0441. The van der Waals surface area contributed by atoms with E-state index in [0.717, 1.165) is 0 Å². The molecule has 2 fully saturated rings. The highest BCUT2D eigenvalue weighted by Crippen LogP contribution is 2.38. The fourth-order valence-electron chi connectivity index (χ4n) is 5.04. The molecule has 2 saturated heterocycles. The molecule has 5 rings (SSSR count). The lowest BCUT2D eigenvalue weighted by Gasteiger charge is -2.39. The predicted molar refractivity (Wildman–Crippen MR) is 137 cm³/mol. The van der Waals surface area contributed by atoms with Crippen LogP contribution in [0.25, 0.3) is 0 Å². The lowest BCUT2D eigenvalue weighted by molar-refractivity contribution is -0.0400. The Hall–Kier alpha value is -3.70. The van der Waals surface area contributed by atoms with Crippen molar-refractivity contribution in [2.75, 3.05) is 80.5 Å². The van der Waals surface area contributed by atoms with Gasteiger partial charge in [-0.1, -0.05) is 0 Å². The van der Waals surface area contributed by atoms with Crippen LogP contribution in [-0.2, 0) is 4.74 Å². The molecule has 0 N–H and O–H groups in total. The van der Waals surface area contributed by atoms with Crippen LogP contribution in [-0.4, -0.2) is 113 Å². The maximum atomic E-state index is 13.2. The first-order valence-corrected chi connectivity index (χ1v) is 12.6. The lowest BCUT2D eigenvalue weighted by atomic mass is 10.1. The number of fused-ring (bicyclic) bond motifs is 1. The van der Waals surface area contributed by atoms with Crippen LogP contribution >= 0.6 is 0 Å². The van der Waals surface area contributed by atoms with Crippen molar-refractivity contribution < 1.29 is 38.0 Å². The van der Waals surface area contributed by atoms with Gasteiger partial charge in [0, 0.05) is 56.9 Å². The molecule has 0 radical (unpaired) electrons. The quantitative estimate of drug-likeness (QED) is 0.533. The van der Waals surface area contributed by atoms with Gasteiger partial charge in [0.05, 0.1) is 34.0 Å². The average molecular weight is 528 g/mol. The van der Waals surface area contributed by atoms with Crippen LogP contribution in [0, 0.1) is 0 Å². The summed E-state index contributed by atoms with van der Waals surface area (Å²) in [6.45, 7) is 5.01. The summed E-state index contributed by atoms with van der Waals surface area (Å²) in [6.07, 6.45) is -0.0981. The van der Waals surface area contributed by atoms with E-state index in [1.165, 1.54) is 21.3 Å². The maximum absolute atomic E-state index is 13.2. The Morgan fingerprint density at radius 2 is 1.50 bits per heavy atom. The van der Waals surface area contributed by atoms with Gasteiger partial charge in [0.25, 0.3) is 11.8 Å². The topological polar surface area (TPSA) is 99.2 Å². The second-order valence-electron chi connectivity index (χ2n) is 9.32. The molecule has 11 nitrogen and oxygen atoms in total. The Balaban J connectivity index is 1.15. The minimum atomic E-state index is -0.0981. The Bertz CT molecular complexity index is 1160. The first-order valence-electron chi connectivity index (χ1n) is 12.6. The van der Waals surface area contributed by atoms with E-state index in [-0.39, 0.29) is 24.7 Å². The third-order valence-electron chi connectivity index (χ3n) is 7.08. The van der Waals surface area contributed by atoms with Gasteiger partial charge < -0.3 is 38.2 Å². The van der Waals surface area contributed by atoms with Gasteiger partial charge in [-0.05, 0) is 30.3 Å². The van der Waals surface area contributed by atoms with E-state index < -0.39 is 0 Å². The molecule has 3 aliphatic heterocycles. The molecule has 38 heavy (non-hydrogen) atoms. The van der Waals surface area contributed by atoms with Crippen LogP contribution < -0.4 is 23.7 Å². The molecule has 0 bridgehead atoms. The van der Waals surface area contributed by atoms with Crippen molar-refractivity contribution in [1.29, 1.82) is 0 Å². The van der Waals surface area contributed by atoms with E-state index in [9.17, 15) is 9.59 Å². The summed E-state index contributed by atoms with van der Waals surface area (Å²) < 4.78 is 32.9. The molecular formula is C27H33N3O8. The molecule has 204 valence electrons. The number of morpholine rings is 1. The first-order chi connectivity index (χ1) is 18.5. The first kappa shape index (κ1) is 25.9. The number of benzene rings is 2. The summed E-state index contributed by atoms with van der Waals surface area (Å²) >= 11 is 0. The summed E-state index contributed by atoms with van der Waals surface area (Å²) in [7, 11) is 4.59. The number of amides is 2. The molecule has 0 saturated carbocycles. The van der Waals surface area contributed by atoms with Crippen LogP contribution in [0.3, 0.4) is 0 Å². The van der Waals surface area contributed by atoms with Crippen LogP contribution in [0.4, 0.5) is 0 Å². The number of carbonyl (C=O) groups is 2. The molecule has 0 aliphatic carbocycles. The fraction of sp³-hybridized carbons (Fsp3) is 0.481. The zero-order valence-corrected chi connectivity index (χ0v) is 21.9. The van der Waals surface area contributed by atoms with Gasteiger partial charge in [0.1, 0.15) is 0 Å². The van der Waals surface area contributed by atoms with Gasteiger partial charge in [0.2, 0.25) is 12.5 Å². The Labute approximate surface area is 221 Å². The van der Waals surface area contributed by atoms with Crippen molar-refractivity contribution in [2.45, 2.75) is 6.10 Å². The number of hydrogen-bond acceptors (Lipinski definition) is 9. The molecular weight excluding hydrogens is 494 g/mol. The molecule has 2 aromatic carbocycles. The standard InChI is InChI=1S/C27H33N3O8/c1-33-23-13-19(14-24(34-2)25(23)35-3)27(32)29-8-6-28(7-9-29)15-20-16-30(10-11-36-20)26(31)18-4-5-21-22(12-18)38-17-37-21/h4-5,12-14,20H,6-11,15-17H2,1-3H3. The highest BCUT2D eigenvalue weighted by molar-refractivity contribution is 5.96.